The fraction of sp³-hybridized carbons (Fsp3) is 0.500. The normalized spacial score (nSPS) is 24.9. The van der Waals surface area contributed by atoms with E-state index in [4.69, 9.17) is 12.2 Å². The van der Waals surface area contributed by atoms with Gasteiger partial charge in [0.05, 0.1) is 0 Å². The first kappa shape index (κ1) is 15.0. The predicted molar refractivity (Wildman–Crippen MR) is 94.2 cm³/mol. The number of nitrogens with zero attached hydrogens (tertiary/aromatic N) is 6. The molecule has 116 valence electrons. The molecule has 1 saturated heterocycles. The van der Waals surface area contributed by atoms with E-state index in [0.717, 1.165) is 26.2 Å². The van der Waals surface area contributed by atoms with E-state index < -0.39 is 0 Å². The van der Waals surface area contributed by atoms with E-state index in [0.29, 0.717) is 22.5 Å². The maximum atomic E-state index is 5.39. The van der Waals surface area contributed by atoms with Crippen LogP contribution in [0.3, 0.4) is 0 Å². The first-order valence-corrected chi connectivity index (χ1v) is 7.69. The fourth-order valence-electron chi connectivity index (χ4n) is 2.34. The second kappa shape index (κ2) is 6.45. The third kappa shape index (κ3) is 3.28. The zero-order valence-corrected chi connectivity index (χ0v) is 13.5. The number of amidine groups is 2. The van der Waals surface area contributed by atoms with Crippen LogP contribution in [0, 0.1) is 0 Å². The summed E-state index contributed by atoms with van der Waals surface area (Å²) in [6, 6.07) is -0.0743. The van der Waals surface area contributed by atoms with Crippen molar-refractivity contribution in [1.82, 2.24) is 15.2 Å². The molecule has 0 saturated carbocycles. The SMILES string of the molecule is C/C(=N\NC(=S)N1CCN(C)CC1)C1=NC2C=CC=NC2=N1. The van der Waals surface area contributed by atoms with Crippen LogP contribution in [0.2, 0.25) is 0 Å². The van der Waals surface area contributed by atoms with E-state index in [1.165, 1.54) is 0 Å². The summed E-state index contributed by atoms with van der Waals surface area (Å²) in [5.41, 5.74) is 3.66. The molecular weight excluding hydrogens is 298 g/mol. The van der Waals surface area contributed by atoms with E-state index in [1.807, 2.05) is 19.1 Å². The monoisotopic (exact) mass is 317 g/mol. The zero-order valence-electron chi connectivity index (χ0n) is 12.7. The summed E-state index contributed by atoms with van der Waals surface area (Å²) in [6.45, 7) is 5.73. The molecule has 0 amide bonds. The van der Waals surface area contributed by atoms with Crippen LogP contribution in [0.1, 0.15) is 6.92 Å². The Morgan fingerprint density at radius 1 is 1.36 bits per heavy atom. The van der Waals surface area contributed by atoms with Gasteiger partial charge in [0, 0.05) is 32.4 Å². The number of hydrazone groups is 1. The Morgan fingerprint density at radius 3 is 2.86 bits per heavy atom. The lowest BCUT2D eigenvalue weighted by Gasteiger charge is -2.33. The van der Waals surface area contributed by atoms with Crippen molar-refractivity contribution in [2.75, 3.05) is 33.2 Å². The van der Waals surface area contributed by atoms with E-state index >= 15 is 0 Å². The number of hydrogen-bond donors (Lipinski definition) is 1. The van der Waals surface area contributed by atoms with Gasteiger partial charge < -0.3 is 9.80 Å². The van der Waals surface area contributed by atoms with Crippen molar-refractivity contribution in [3.8, 4) is 0 Å². The smallest absolute Gasteiger partial charge is 0.189 e. The quantitative estimate of drug-likeness (QED) is 0.452. The number of thiocarbonyl (C=S) groups is 1. The topological polar surface area (TPSA) is 68.0 Å². The van der Waals surface area contributed by atoms with Gasteiger partial charge in [-0.15, -0.1) is 0 Å². The molecule has 1 N–H and O–H groups in total. The minimum absolute atomic E-state index is 0.0743. The molecule has 1 unspecified atom stereocenters. The van der Waals surface area contributed by atoms with Crippen molar-refractivity contribution in [3.05, 3.63) is 12.2 Å². The highest BCUT2D eigenvalue weighted by Crippen LogP contribution is 2.12. The highest BCUT2D eigenvalue weighted by molar-refractivity contribution is 7.80. The Balaban J connectivity index is 1.59. The predicted octanol–water partition coefficient (Wildman–Crippen LogP) is 0.304. The Kier molecular flexibility index (Phi) is 4.39. The Labute approximate surface area is 135 Å². The van der Waals surface area contributed by atoms with Crippen LogP contribution >= 0.6 is 12.2 Å². The summed E-state index contributed by atoms with van der Waals surface area (Å²) in [7, 11) is 2.11. The van der Waals surface area contributed by atoms with Crippen molar-refractivity contribution in [3.63, 3.8) is 0 Å². The van der Waals surface area contributed by atoms with Gasteiger partial charge in [0.25, 0.3) is 0 Å². The Bertz CT molecular complexity index is 609. The number of nitrogens with one attached hydrogen (secondary N) is 1. The number of piperazine rings is 1. The molecule has 3 heterocycles. The number of hydrogen-bond acceptors (Lipinski definition) is 6. The molecule has 1 fully saturated rings. The van der Waals surface area contributed by atoms with Crippen molar-refractivity contribution in [1.29, 1.82) is 0 Å². The molecule has 0 aromatic carbocycles. The molecule has 0 radical (unpaired) electrons. The molecule has 0 spiro atoms. The minimum atomic E-state index is -0.0743. The molecule has 3 aliphatic rings. The molecule has 3 aliphatic heterocycles. The average Bonchev–Trinajstić information content (AvgIpc) is 2.97. The lowest BCUT2D eigenvalue weighted by Crippen LogP contribution is -2.49. The molecule has 8 heteroatoms. The van der Waals surface area contributed by atoms with Gasteiger partial charge in [-0.05, 0) is 32.3 Å². The maximum Gasteiger partial charge on any atom is 0.189 e. The molecule has 0 aromatic heterocycles. The van der Waals surface area contributed by atoms with Gasteiger partial charge >= 0.3 is 0 Å². The van der Waals surface area contributed by atoms with Crippen LogP contribution in [0.25, 0.3) is 0 Å². The maximum absolute atomic E-state index is 5.39. The number of allylic oxidation sites excluding steroid dienone is 1. The summed E-state index contributed by atoms with van der Waals surface area (Å²) in [6.07, 6.45) is 5.57. The molecular formula is C14H19N7S. The Morgan fingerprint density at radius 2 is 2.14 bits per heavy atom. The minimum Gasteiger partial charge on any atom is -0.345 e. The molecule has 7 nitrogen and oxygen atoms in total. The summed E-state index contributed by atoms with van der Waals surface area (Å²) in [5.74, 6) is 1.33. The summed E-state index contributed by atoms with van der Waals surface area (Å²) >= 11 is 5.39. The molecule has 0 bridgehead atoms. The van der Waals surface area contributed by atoms with E-state index in [-0.39, 0.29) is 6.04 Å². The summed E-state index contributed by atoms with van der Waals surface area (Å²) in [4.78, 5) is 17.5. The molecule has 1 atom stereocenters. The van der Waals surface area contributed by atoms with Gasteiger partial charge in [-0.1, -0.05) is 6.08 Å². The van der Waals surface area contributed by atoms with Gasteiger partial charge in [-0.25, -0.2) is 15.0 Å². The van der Waals surface area contributed by atoms with Gasteiger partial charge in [0.15, 0.2) is 16.8 Å². The Hall–Kier alpha value is -1.93. The van der Waals surface area contributed by atoms with Crippen LogP contribution in [0.4, 0.5) is 0 Å². The zero-order chi connectivity index (χ0) is 15.5. The second-order valence-electron chi connectivity index (χ2n) is 5.44. The van der Waals surface area contributed by atoms with Gasteiger partial charge in [0.1, 0.15) is 11.8 Å². The van der Waals surface area contributed by atoms with Gasteiger partial charge in [-0.3, -0.25) is 5.43 Å². The standard InChI is InChI=1S/C14H19N7S/c1-10(12-16-11-4-3-5-15-13(11)17-12)18-19-14(22)21-8-6-20(2)7-9-21/h3-5,11H,6-9H2,1-2H3,(H,19,22)/b18-10+. The summed E-state index contributed by atoms with van der Waals surface area (Å²) in [5, 5.41) is 4.96. The number of likely N-dealkylation sites (N-methyl/N-ethyl adjacent to an activating group) is 1. The number of fused-ring (bicyclic) bond motifs is 1. The van der Waals surface area contributed by atoms with Crippen LogP contribution in [0.5, 0.6) is 0 Å². The van der Waals surface area contributed by atoms with Gasteiger partial charge in [0.2, 0.25) is 0 Å². The van der Waals surface area contributed by atoms with E-state index in [1.54, 1.807) is 6.21 Å². The van der Waals surface area contributed by atoms with Crippen molar-refractivity contribution >= 4 is 40.9 Å². The van der Waals surface area contributed by atoms with Crippen LogP contribution in [-0.2, 0) is 0 Å². The second-order valence-corrected chi connectivity index (χ2v) is 5.82. The van der Waals surface area contributed by atoms with E-state index in [9.17, 15) is 0 Å². The fourth-order valence-corrected chi connectivity index (χ4v) is 2.57. The lowest BCUT2D eigenvalue weighted by atomic mass is 10.2. The van der Waals surface area contributed by atoms with Crippen LogP contribution in [0.15, 0.2) is 32.2 Å². The highest BCUT2D eigenvalue weighted by Gasteiger charge is 2.22. The average molecular weight is 317 g/mol. The molecule has 3 rings (SSSR count). The largest absolute Gasteiger partial charge is 0.345 e. The third-order valence-electron chi connectivity index (χ3n) is 3.77. The van der Waals surface area contributed by atoms with Crippen molar-refractivity contribution in [2.24, 2.45) is 20.1 Å². The number of dihydropyridines is 1. The molecule has 0 aliphatic carbocycles. The molecule has 0 aromatic rings. The van der Waals surface area contributed by atoms with Gasteiger partial charge in [-0.2, -0.15) is 5.10 Å². The first-order chi connectivity index (χ1) is 10.6. The van der Waals surface area contributed by atoms with Crippen LogP contribution < -0.4 is 5.43 Å². The van der Waals surface area contributed by atoms with Crippen molar-refractivity contribution in [2.45, 2.75) is 13.0 Å². The van der Waals surface area contributed by atoms with E-state index in [2.05, 4.69) is 42.4 Å². The van der Waals surface area contributed by atoms with Crippen LogP contribution in [-0.4, -0.2) is 77.8 Å². The summed E-state index contributed by atoms with van der Waals surface area (Å²) < 4.78 is 0. The number of rotatable bonds is 2. The molecule has 22 heavy (non-hydrogen) atoms. The van der Waals surface area contributed by atoms with Crippen molar-refractivity contribution < 1.29 is 0 Å². The highest BCUT2D eigenvalue weighted by atomic mass is 32.1. The lowest BCUT2D eigenvalue weighted by molar-refractivity contribution is 0.214. The third-order valence-corrected chi connectivity index (χ3v) is 4.12. The first-order valence-electron chi connectivity index (χ1n) is 7.29. The number of aliphatic imine (C=N–C) groups is 3.